The van der Waals surface area contributed by atoms with Gasteiger partial charge in [-0.1, -0.05) is 6.07 Å². The normalized spacial score (nSPS) is 11.3. The average molecular weight is 279 g/mol. The van der Waals surface area contributed by atoms with Crippen molar-refractivity contribution in [3.63, 3.8) is 0 Å². The molecule has 1 aromatic carbocycles. The second-order valence-corrected chi connectivity index (χ2v) is 4.66. The van der Waals surface area contributed by atoms with Crippen molar-refractivity contribution in [1.82, 2.24) is 19.3 Å². The topological polar surface area (TPSA) is 35.6 Å². The van der Waals surface area contributed by atoms with Gasteiger partial charge in [0.15, 0.2) is 5.82 Å². The van der Waals surface area contributed by atoms with Crippen LogP contribution in [0.5, 0.6) is 0 Å². The zero-order valence-electron chi connectivity index (χ0n) is 10.3. The molecule has 4 nitrogen and oxygen atoms in total. The van der Waals surface area contributed by atoms with Crippen LogP contribution in [0.4, 0.5) is 4.39 Å². The fourth-order valence-corrected chi connectivity index (χ4v) is 2.35. The number of halogens is 2. The van der Waals surface area contributed by atoms with E-state index in [1.165, 1.54) is 6.07 Å². The molecular formula is C13H12ClFN4. The van der Waals surface area contributed by atoms with E-state index in [2.05, 4.69) is 10.1 Å². The number of hydrogen-bond acceptors (Lipinski definition) is 2. The summed E-state index contributed by atoms with van der Waals surface area (Å²) in [4.78, 5) is 4.35. The number of hydrogen-bond donors (Lipinski definition) is 0. The first kappa shape index (κ1) is 12.2. The average Bonchev–Trinajstić information content (AvgIpc) is 2.94. The minimum atomic E-state index is -0.323. The minimum Gasteiger partial charge on any atom is -0.293 e. The molecule has 2 heterocycles. The Balaban J connectivity index is 2.31. The standard InChI is InChI=1S/C13H12ClFN4/c1-18-8-9(7-16-18)19-11-4-2-3-10(15)13(11)17-12(19)5-6-14/h2-4,7-8H,5-6H2,1H3. The first-order chi connectivity index (χ1) is 9.20. The van der Waals surface area contributed by atoms with Crippen LogP contribution in [-0.4, -0.2) is 25.2 Å². The van der Waals surface area contributed by atoms with Crippen molar-refractivity contribution in [3.8, 4) is 5.69 Å². The molecule has 0 unspecified atom stereocenters. The summed E-state index contributed by atoms with van der Waals surface area (Å²) in [5.74, 6) is 0.852. The highest BCUT2D eigenvalue weighted by atomic mass is 35.5. The van der Waals surface area contributed by atoms with Crippen molar-refractivity contribution in [1.29, 1.82) is 0 Å². The minimum absolute atomic E-state index is 0.323. The first-order valence-corrected chi connectivity index (χ1v) is 6.45. The summed E-state index contributed by atoms with van der Waals surface area (Å²) >= 11 is 5.80. The molecule has 3 rings (SSSR count). The summed E-state index contributed by atoms with van der Waals surface area (Å²) in [6.07, 6.45) is 4.16. The van der Waals surface area contributed by atoms with Crippen LogP contribution in [0.25, 0.3) is 16.7 Å². The van der Waals surface area contributed by atoms with Gasteiger partial charge >= 0.3 is 0 Å². The smallest absolute Gasteiger partial charge is 0.151 e. The van der Waals surface area contributed by atoms with Gasteiger partial charge in [-0.15, -0.1) is 11.6 Å². The SMILES string of the molecule is Cn1cc(-n2c(CCCl)nc3c(F)cccc32)cn1. The van der Waals surface area contributed by atoms with Crippen LogP contribution in [0, 0.1) is 5.82 Å². The lowest BCUT2D eigenvalue weighted by Crippen LogP contribution is -2.01. The van der Waals surface area contributed by atoms with E-state index in [0.29, 0.717) is 17.8 Å². The van der Waals surface area contributed by atoms with Gasteiger partial charge in [0, 0.05) is 25.5 Å². The molecular weight excluding hydrogens is 267 g/mol. The van der Waals surface area contributed by atoms with Crippen LogP contribution in [0.2, 0.25) is 0 Å². The van der Waals surface area contributed by atoms with Gasteiger partial charge in [0.25, 0.3) is 0 Å². The molecule has 2 aromatic heterocycles. The van der Waals surface area contributed by atoms with Crippen LogP contribution in [0.1, 0.15) is 5.82 Å². The van der Waals surface area contributed by atoms with Crippen molar-refractivity contribution in [3.05, 3.63) is 42.2 Å². The number of para-hydroxylation sites is 1. The molecule has 0 radical (unpaired) electrons. The number of aryl methyl sites for hydroxylation is 2. The van der Waals surface area contributed by atoms with Crippen molar-refractivity contribution in [2.45, 2.75) is 6.42 Å². The number of aromatic nitrogens is 4. The van der Waals surface area contributed by atoms with Gasteiger partial charge in [0.2, 0.25) is 0 Å². The van der Waals surface area contributed by atoms with E-state index < -0.39 is 0 Å². The summed E-state index contributed by atoms with van der Waals surface area (Å²) in [7, 11) is 1.84. The number of fused-ring (bicyclic) bond motifs is 1. The number of alkyl halides is 1. The molecule has 3 aromatic rings. The zero-order valence-corrected chi connectivity index (χ0v) is 11.1. The molecule has 0 atom stereocenters. The number of benzene rings is 1. The van der Waals surface area contributed by atoms with Gasteiger partial charge < -0.3 is 0 Å². The number of imidazole rings is 1. The molecule has 0 aliphatic rings. The molecule has 98 valence electrons. The van der Waals surface area contributed by atoms with Crippen molar-refractivity contribution in [2.75, 3.05) is 5.88 Å². The van der Waals surface area contributed by atoms with Crippen LogP contribution in [0.15, 0.2) is 30.6 Å². The first-order valence-electron chi connectivity index (χ1n) is 5.91. The molecule has 0 amide bonds. The number of nitrogens with zero attached hydrogens (tertiary/aromatic N) is 4. The number of rotatable bonds is 3. The molecule has 0 spiro atoms. The predicted octanol–water partition coefficient (Wildman–Crippen LogP) is 2.68. The van der Waals surface area contributed by atoms with E-state index in [1.807, 2.05) is 23.9 Å². The van der Waals surface area contributed by atoms with Crippen molar-refractivity contribution < 1.29 is 4.39 Å². The summed E-state index contributed by atoms with van der Waals surface area (Å²) in [6.45, 7) is 0. The summed E-state index contributed by atoms with van der Waals surface area (Å²) in [6, 6.07) is 4.93. The quantitative estimate of drug-likeness (QED) is 0.691. The van der Waals surface area contributed by atoms with Crippen molar-refractivity contribution >= 4 is 22.6 Å². The summed E-state index contributed by atoms with van der Waals surface area (Å²) in [5.41, 5.74) is 1.95. The van der Waals surface area contributed by atoms with Crippen LogP contribution >= 0.6 is 11.6 Å². The van der Waals surface area contributed by atoms with E-state index in [9.17, 15) is 4.39 Å². The van der Waals surface area contributed by atoms with Gasteiger partial charge in [-0.05, 0) is 12.1 Å². The van der Waals surface area contributed by atoms with Crippen molar-refractivity contribution in [2.24, 2.45) is 7.05 Å². The predicted molar refractivity (Wildman–Crippen MR) is 72.2 cm³/mol. The lowest BCUT2D eigenvalue weighted by atomic mass is 10.3. The summed E-state index contributed by atoms with van der Waals surface area (Å²) < 4.78 is 17.4. The third-order valence-corrected chi connectivity index (χ3v) is 3.16. The largest absolute Gasteiger partial charge is 0.293 e. The Hall–Kier alpha value is -1.88. The highest BCUT2D eigenvalue weighted by Crippen LogP contribution is 2.23. The zero-order chi connectivity index (χ0) is 13.4. The van der Waals surface area contributed by atoms with Crippen LogP contribution < -0.4 is 0 Å². The maximum atomic E-state index is 13.8. The molecule has 0 fully saturated rings. The maximum Gasteiger partial charge on any atom is 0.151 e. The van der Waals surface area contributed by atoms with E-state index in [0.717, 1.165) is 17.0 Å². The Morgan fingerprint density at radius 3 is 2.89 bits per heavy atom. The second kappa shape index (κ2) is 4.66. The van der Waals surface area contributed by atoms with Gasteiger partial charge in [-0.3, -0.25) is 9.25 Å². The van der Waals surface area contributed by atoms with Gasteiger partial charge in [-0.25, -0.2) is 9.37 Å². The lowest BCUT2D eigenvalue weighted by Gasteiger charge is -2.04. The Morgan fingerprint density at radius 2 is 2.21 bits per heavy atom. The Bertz CT molecular complexity index is 731. The molecule has 0 saturated heterocycles. The summed E-state index contributed by atoms with van der Waals surface area (Å²) in [5, 5.41) is 4.14. The van der Waals surface area contributed by atoms with Crippen LogP contribution in [-0.2, 0) is 13.5 Å². The van der Waals surface area contributed by atoms with E-state index in [4.69, 9.17) is 11.6 Å². The Kier molecular flexibility index (Phi) is 2.98. The van der Waals surface area contributed by atoms with E-state index in [-0.39, 0.29) is 5.82 Å². The third kappa shape index (κ3) is 2.00. The van der Waals surface area contributed by atoms with Crippen LogP contribution in [0.3, 0.4) is 0 Å². The molecule has 19 heavy (non-hydrogen) atoms. The molecule has 0 aliphatic heterocycles. The van der Waals surface area contributed by atoms with Gasteiger partial charge in [-0.2, -0.15) is 5.10 Å². The fraction of sp³-hybridized carbons (Fsp3) is 0.231. The van der Waals surface area contributed by atoms with Gasteiger partial charge in [0.1, 0.15) is 11.3 Å². The monoisotopic (exact) mass is 278 g/mol. The second-order valence-electron chi connectivity index (χ2n) is 4.28. The Labute approximate surface area is 114 Å². The van der Waals surface area contributed by atoms with Gasteiger partial charge in [0.05, 0.1) is 17.4 Å². The third-order valence-electron chi connectivity index (χ3n) is 2.97. The highest BCUT2D eigenvalue weighted by molar-refractivity contribution is 6.17. The molecule has 0 saturated carbocycles. The van der Waals surface area contributed by atoms with E-state index >= 15 is 0 Å². The van der Waals surface area contributed by atoms with E-state index in [1.54, 1.807) is 16.9 Å². The Morgan fingerprint density at radius 1 is 1.37 bits per heavy atom. The maximum absolute atomic E-state index is 13.8. The molecule has 0 bridgehead atoms. The highest BCUT2D eigenvalue weighted by Gasteiger charge is 2.15. The molecule has 0 aliphatic carbocycles. The lowest BCUT2D eigenvalue weighted by molar-refractivity contribution is 0.637. The molecule has 0 N–H and O–H groups in total. The molecule has 6 heteroatoms. The fourth-order valence-electron chi connectivity index (χ4n) is 2.18.